The highest BCUT2D eigenvalue weighted by Gasteiger charge is 2.33. The molecule has 0 spiro atoms. The van der Waals surface area contributed by atoms with Crippen molar-refractivity contribution >= 4 is 5.97 Å². The van der Waals surface area contributed by atoms with Gasteiger partial charge < -0.3 is 15.2 Å². The van der Waals surface area contributed by atoms with Gasteiger partial charge in [-0.25, -0.2) is 9.18 Å². The van der Waals surface area contributed by atoms with Crippen molar-refractivity contribution in [2.75, 3.05) is 14.2 Å². The number of carbonyl (C=O) groups is 1. The van der Waals surface area contributed by atoms with Crippen LogP contribution < -0.4 is 10.1 Å². The van der Waals surface area contributed by atoms with Crippen molar-refractivity contribution in [3.05, 3.63) is 29.6 Å². The van der Waals surface area contributed by atoms with Crippen LogP contribution >= 0.6 is 0 Å². The molecule has 0 radical (unpaired) electrons. The fourth-order valence-electron chi connectivity index (χ4n) is 1.35. The van der Waals surface area contributed by atoms with Gasteiger partial charge in [0.1, 0.15) is 5.54 Å². The van der Waals surface area contributed by atoms with Crippen LogP contribution in [-0.2, 0) is 10.3 Å². The highest BCUT2D eigenvalue weighted by molar-refractivity contribution is 5.80. The van der Waals surface area contributed by atoms with Crippen LogP contribution in [-0.4, -0.2) is 25.2 Å². The Hall–Kier alpha value is -1.62. The first-order valence-electron chi connectivity index (χ1n) is 4.72. The standard InChI is InChI=1S/C11H14FNO3/c1-11(13-2,10(14)15)7-4-5-9(16-3)8(12)6-7/h4-6,13H,1-3H3,(H,14,15)/t11-/m1/s1. The van der Waals surface area contributed by atoms with Crippen LogP contribution in [0.3, 0.4) is 0 Å². The van der Waals surface area contributed by atoms with E-state index < -0.39 is 17.3 Å². The van der Waals surface area contributed by atoms with Crippen LogP contribution in [0, 0.1) is 5.82 Å². The molecule has 0 bridgehead atoms. The zero-order chi connectivity index (χ0) is 12.3. The van der Waals surface area contributed by atoms with Crippen LogP contribution in [0.2, 0.25) is 0 Å². The lowest BCUT2D eigenvalue weighted by atomic mass is 9.92. The second-order valence-corrected chi connectivity index (χ2v) is 3.53. The second-order valence-electron chi connectivity index (χ2n) is 3.53. The number of carboxylic acids is 1. The predicted molar refractivity (Wildman–Crippen MR) is 57.0 cm³/mol. The fraction of sp³-hybridized carbons (Fsp3) is 0.364. The number of ether oxygens (including phenoxy) is 1. The Balaban J connectivity index is 3.23. The van der Waals surface area contributed by atoms with E-state index >= 15 is 0 Å². The normalized spacial score (nSPS) is 14.2. The molecule has 1 aromatic rings. The molecule has 1 atom stereocenters. The molecule has 4 nitrogen and oxygen atoms in total. The summed E-state index contributed by atoms with van der Waals surface area (Å²) >= 11 is 0. The minimum absolute atomic E-state index is 0.0904. The molecule has 0 fully saturated rings. The van der Waals surface area contributed by atoms with E-state index in [2.05, 4.69) is 5.32 Å². The number of hydrogen-bond donors (Lipinski definition) is 2. The van der Waals surface area contributed by atoms with Gasteiger partial charge in [0.05, 0.1) is 7.11 Å². The molecule has 0 aliphatic heterocycles. The summed E-state index contributed by atoms with van der Waals surface area (Å²) in [5.74, 6) is -1.56. The molecule has 1 rings (SSSR count). The number of halogens is 1. The monoisotopic (exact) mass is 227 g/mol. The highest BCUT2D eigenvalue weighted by Crippen LogP contribution is 2.25. The van der Waals surface area contributed by atoms with Gasteiger partial charge in [-0.05, 0) is 31.7 Å². The van der Waals surface area contributed by atoms with E-state index in [0.717, 1.165) is 6.07 Å². The topological polar surface area (TPSA) is 58.6 Å². The molecule has 0 aliphatic rings. The fourth-order valence-corrected chi connectivity index (χ4v) is 1.35. The third-order valence-corrected chi connectivity index (χ3v) is 2.66. The Kier molecular flexibility index (Phi) is 3.49. The maximum Gasteiger partial charge on any atom is 0.328 e. The van der Waals surface area contributed by atoms with E-state index in [4.69, 9.17) is 9.84 Å². The summed E-state index contributed by atoms with van der Waals surface area (Å²) in [7, 11) is 2.86. The maximum absolute atomic E-state index is 13.4. The first-order chi connectivity index (χ1) is 7.45. The number of likely N-dealkylation sites (N-methyl/N-ethyl adjacent to an activating group) is 1. The molecule has 0 saturated carbocycles. The van der Waals surface area contributed by atoms with Crippen molar-refractivity contribution in [1.82, 2.24) is 5.32 Å². The molecule has 5 heteroatoms. The van der Waals surface area contributed by atoms with Gasteiger partial charge in [0.15, 0.2) is 11.6 Å². The summed E-state index contributed by atoms with van der Waals surface area (Å²) in [5, 5.41) is 11.7. The third-order valence-electron chi connectivity index (χ3n) is 2.66. The molecule has 0 unspecified atom stereocenters. The van der Waals surface area contributed by atoms with Gasteiger partial charge in [-0.3, -0.25) is 0 Å². The van der Waals surface area contributed by atoms with Crippen molar-refractivity contribution < 1.29 is 19.0 Å². The largest absolute Gasteiger partial charge is 0.494 e. The predicted octanol–water partition coefficient (Wildman–Crippen LogP) is 1.35. The van der Waals surface area contributed by atoms with E-state index in [1.807, 2.05) is 0 Å². The molecule has 88 valence electrons. The van der Waals surface area contributed by atoms with Gasteiger partial charge >= 0.3 is 5.97 Å². The quantitative estimate of drug-likeness (QED) is 0.815. The molecule has 0 aliphatic carbocycles. The number of hydrogen-bond acceptors (Lipinski definition) is 3. The van der Waals surface area contributed by atoms with Crippen molar-refractivity contribution in [1.29, 1.82) is 0 Å². The Morgan fingerprint density at radius 2 is 2.19 bits per heavy atom. The molecule has 16 heavy (non-hydrogen) atoms. The van der Waals surface area contributed by atoms with Gasteiger partial charge in [0, 0.05) is 0 Å². The van der Waals surface area contributed by atoms with Crippen LogP contribution in [0.15, 0.2) is 18.2 Å². The van der Waals surface area contributed by atoms with E-state index in [1.54, 1.807) is 0 Å². The minimum atomic E-state index is -1.31. The summed E-state index contributed by atoms with van der Waals surface area (Å²) in [6.45, 7) is 1.47. The number of aliphatic carboxylic acids is 1. The first-order valence-corrected chi connectivity index (χ1v) is 4.72. The molecular formula is C11H14FNO3. The molecule has 0 aromatic heterocycles. The van der Waals surface area contributed by atoms with Gasteiger partial charge in [-0.15, -0.1) is 0 Å². The number of nitrogens with one attached hydrogen (secondary N) is 1. The second kappa shape index (κ2) is 4.49. The number of methoxy groups -OCH3 is 1. The average molecular weight is 227 g/mol. The van der Waals surface area contributed by atoms with Crippen molar-refractivity contribution in [2.45, 2.75) is 12.5 Å². The summed E-state index contributed by atoms with van der Waals surface area (Å²) in [5.41, 5.74) is -0.978. The summed E-state index contributed by atoms with van der Waals surface area (Å²) in [6.07, 6.45) is 0. The summed E-state index contributed by atoms with van der Waals surface area (Å²) in [6, 6.07) is 4.08. The lowest BCUT2D eigenvalue weighted by molar-refractivity contribution is -0.144. The average Bonchev–Trinajstić information content (AvgIpc) is 2.27. The Labute approximate surface area is 93.0 Å². The number of rotatable bonds is 4. The van der Waals surface area contributed by atoms with Crippen molar-refractivity contribution in [2.24, 2.45) is 0 Å². The van der Waals surface area contributed by atoms with Crippen LogP contribution in [0.5, 0.6) is 5.75 Å². The number of benzene rings is 1. The third kappa shape index (κ3) is 1.99. The highest BCUT2D eigenvalue weighted by atomic mass is 19.1. The zero-order valence-electron chi connectivity index (χ0n) is 9.37. The molecule has 2 N–H and O–H groups in total. The number of carboxylic acid groups (broad SMARTS) is 1. The van der Waals surface area contributed by atoms with Crippen LogP contribution in [0.4, 0.5) is 4.39 Å². The van der Waals surface area contributed by atoms with Crippen molar-refractivity contribution in [3.63, 3.8) is 0 Å². The molecule has 0 amide bonds. The summed E-state index contributed by atoms with van der Waals surface area (Å²) in [4.78, 5) is 11.1. The van der Waals surface area contributed by atoms with Gasteiger partial charge in [-0.1, -0.05) is 6.07 Å². The van der Waals surface area contributed by atoms with Gasteiger partial charge in [-0.2, -0.15) is 0 Å². The Morgan fingerprint density at radius 1 is 1.56 bits per heavy atom. The van der Waals surface area contributed by atoms with Crippen LogP contribution in [0.1, 0.15) is 12.5 Å². The Morgan fingerprint density at radius 3 is 2.56 bits per heavy atom. The lowest BCUT2D eigenvalue weighted by Gasteiger charge is -2.24. The summed E-state index contributed by atoms with van der Waals surface area (Å²) < 4.78 is 18.2. The van der Waals surface area contributed by atoms with E-state index in [0.29, 0.717) is 5.56 Å². The molecular weight excluding hydrogens is 213 g/mol. The molecule has 1 aromatic carbocycles. The lowest BCUT2D eigenvalue weighted by Crippen LogP contribution is -2.44. The van der Waals surface area contributed by atoms with Gasteiger partial charge in [0.2, 0.25) is 0 Å². The smallest absolute Gasteiger partial charge is 0.328 e. The molecule has 0 saturated heterocycles. The SMILES string of the molecule is CN[C@@](C)(C(=O)O)c1ccc(OC)c(F)c1. The first kappa shape index (κ1) is 12.4. The molecule has 0 heterocycles. The van der Waals surface area contributed by atoms with E-state index in [9.17, 15) is 9.18 Å². The maximum atomic E-state index is 13.4. The Bertz CT molecular complexity index is 408. The van der Waals surface area contributed by atoms with Crippen LogP contribution in [0.25, 0.3) is 0 Å². The van der Waals surface area contributed by atoms with E-state index in [-0.39, 0.29) is 5.75 Å². The van der Waals surface area contributed by atoms with Gasteiger partial charge in [0.25, 0.3) is 0 Å². The van der Waals surface area contributed by atoms with E-state index in [1.165, 1.54) is 33.2 Å². The van der Waals surface area contributed by atoms with Crippen molar-refractivity contribution in [3.8, 4) is 5.75 Å². The minimum Gasteiger partial charge on any atom is -0.494 e. The zero-order valence-corrected chi connectivity index (χ0v) is 9.37.